The number of nitrogens with one attached hydrogen (secondary N) is 2. The number of carbonyl (C=O) groups is 2. The van der Waals surface area contributed by atoms with E-state index in [0.29, 0.717) is 31.6 Å². The Morgan fingerprint density at radius 1 is 1.12 bits per heavy atom. The molecule has 0 aromatic rings. The van der Waals surface area contributed by atoms with Crippen LogP contribution in [0.25, 0.3) is 0 Å². The van der Waals surface area contributed by atoms with Gasteiger partial charge in [0.25, 0.3) is 0 Å². The number of fused-ring (bicyclic) bond motifs is 5. The number of rotatable bonds is 9. The van der Waals surface area contributed by atoms with E-state index in [9.17, 15) is 9.59 Å². The monoisotopic (exact) mass is 445 g/mol. The van der Waals surface area contributed by atoms with E-state index in [0.717, 1.165) is 51.6 Å². The Morgan fingerprint density at radius 2 is 1.78 bits per heavy atom. The molecule has 2 saturated heterocycles. The molecule has 0 radical (unpaired) electrons. The van der Waals surface area contributed by atoms with Crippen LogP contribution in [0.3, 0.4) is 0 Å². The maximum absolute atomic E-state index is 12.9. The van der Waals surface area contributed by atoms with Crippen molar-refractivity contribution < 1.29 is 14.3 Å². The molecule has 5 unspecified atom stereocenters. The fourth-order valence-electron chi connectivity index (χ4n) is 5.83. The number of hydrogen-bond donors (Lipinski definition) is 2. The molecule has 32 heavy (non-hydrogen) atoms. The highest BCUT2D eigenvalue weighted by Crippen LogP contribution is 2.52. The maximum Gasteiger partial charge on any atom is 0.233 e. The zero-order valence-corrected chi connectivity index (χ0v) is 19.8. The van der Waals surface area contributed by atoms with Crippen molar-refractivity contribution in [2.24, 2.45) is 34.6 Å². The van der Waals surface area contributed by atoms with Gasteiger partial charge in [-0.25, -0.2) is 0 Å². The lowest BCUT2D eigenvalue weighted by Crippen LogP contribution is -2.47. The summed E-state index contributed by atoms with van der Waals surface area (Å²) >= 11 is 0. The van der Waals surface area contributed by atoms with Crippen molar-refractivity contribution in [3.8, 4) is 0 Å². The van der Waals surface area contributed by atoms with Crippen molar-refractivity contribution in [3.05, 3.63) is 12.2 Å². The maximum atomic E-state index is 12.9. The number of imide groups is 1. The second-order valence-corrected chi connectivity index (χ2v) is 9.91. The normalized spacial score (nSPS) is 31.0. The first-order valence-corrected chi connectivity index (χ1v) is 12.4. The summed E-state index contributed by atoms with van der Waals surface area (Å²) in [7, 11) is 0. The first-order chi connectivity index (χ1) is 15.5. The van der Waals surface area contributed by atoms with Crippen LogP contribution in [0.5, 0.6) is 0 Å². The zero-order valence-electron chi connectivity index (χ0n) is 19.8. The van der Waals surface area contributed by atoms with Crippen molar-refractivity contribution in [3.63, 3.8) is 0 Å². The van der Waals surface area contributed by atoms with E-state index in [1.165, 1.54) is 4.90 Å². The molecule has 2 aliphatic heterocycles. The molecule has 0 aromatic carbocycles. The highest BCUT2D eigenvalue weighted by Gasteiger charge is 2.58. The van der Waals surface area contributed by atoms with Gasteiger partial charge in [-0.05, 0) is 37.5 Å². The molecular formula is C24H39N5O3. The first-order valence-electron chi connectivity index (χ1n) is 12.4. The quantitative estimate of drug-likeness (QED) is 0.239. The molecule has 2 N–H and O–H groups in total. The second kappa shape index (κ2) is 10.3. The molecule has 2 aliphatic carbocycles. The van der Waals surface area contributed by atoms with E-state index in [-0.39, 0.29) is 35.5 Å². The van der Waals surface area contributed by atoms with E-state index in [1.807, 2.05) is 6.92 Å². The van der Waals surface area contributed by atoms with Crippen LogP contribution in [0.1, 0.15) is 33.6 Å². The molecule has 2 amide bonds. The number of hydrogen-bond acceptors (Lipinski definition) is 5. The van der Waals surface area contributed by atoms with Gasteiger partial charge in [-0.2, -0.15) is 0 Å². The van der Waals surface area contributed by atoms with E-state index >= 15 is 0 Å². The van der Waals surface area contributed by atoms with Gasteiger partial charge in [-0.3, -0.25) is 24.4 Å². The van der Waals surface area contributed by atoms with Gasteiger partial charge in [0.2, 0.25) is 11.8 Å². The van der Waals surface area contributed by atoms with E-state index in [2.05, 4.69) is 41.5 Å². The number of carbonyl (C=O) groups excluding carboxylic acids is 2. The summed E-state index contributed by atoms with van der Waals surface area (Å²) in [5.74, 6) is 1.66. The number of allylic oxidation sites excluding steroid dienone is 2. The van der Waals surface area contributed by atoms with Crippen LogP contribution in [-0.2, 0) is 14.3 Å². The van der Waals surface area contributed by atoms with Gasteiger partial charge in [-0.1, -0.05) is 26.0 Å². The predicted molar refractivity (Wildman–Crippen MR) is 124 cm³/mol. The highest BCUT2D eigenvalue weighted by atomic mass is 16.5. The molecule has 8 nitrogen and oxygen atoms in total. The SMILES string of the molecule is CCNC(=NCC(CC(C)C)N1CCOCC1)NCCN1C(=O)C2C3C=CC(C3)C2C1=O. The number of aliphatic imine (C=N–C) groups is 1. The summed E-state index contributed by atoms with van der Waals surface area (Å²) in [6, 6.07) is 0.387. The van der Waals surface area contributed by atoms with Crippen LogP contribution >= 0.6 is 0 Å². The topological polar surface area (TPSA) is 86.3 Å². The fraction of sp³-hybridized carbons (Fsp3) is 0.792. The van der Waals surface area contributed by atoms with Crippen LogP contribution < -0.4 is 10.6 Å². The van der Waals surface area contributed by atoms with Gasteiger partial charge in [-0.15, -0.1) is 0 Å². The van der Waals surface area contributed by atoms with Crippen molar-refractivity contribution in [1.29, 1.82) is 0 Å². The van der Waals surface area contributed by atoms with Gasteiger partial charge < -0.3 is 15.4 Å². The van der Waals surface area contributed by atoms with Crippen LogP contribution in [0.4, 0.5) is 0 Å². The van der Waals surface area contributed by atoms with Gasteiger partial charge in [0, 0.05) is 38.8 Å². The number of likely N-dealkylation sites (tertiary alicyclic amines) is 1. The smallest absolute Gasteiger partial charge is 0.233 e. The summed E-state index contributed by atoms with van der Waals surface area (Å²) in [5.41, 5.74) is 0. The van der Waals surface area contributed by atoms with Gasteiger partial charge in [0.05, 0.1) is 31.6 Å². The summed E-state index contributed by atoms with van der Waals surface area (Å²) in [4.78, 5) is 34.5. The molecule has 1 saturated carbocycles. The fourth-order valence-corrected chi connectivity index (χ4v) is 5.83. The van der Waals surface area contributed by atoms with Gasteiger partial charge in [0.15, 0.2) is 5.96 Å². The first kappa shape index (κ1) is 23.2. The summed E-state index contributed by atoms with van der Waals surface area (Å²) in [6.07, 6.45) is 6.34. The van der Waals surface area contributed by atoms with Gasteiger partial charge in [0.1, 0.15) is 0 Å². The summed E-state index contributed by atoms with van der Waals surface area (Å²) < 4.78 is 5.52. The molecule has 4 aliphatic rings. The van der Waals surface area contributed by atoms with Crippen molar-refractivity contribution in [1.82, 2.24) is 20.4 Å². The predicted octanol–water partition coefficient (Wildman–Crippen LogP) is 1.10. The van der Waals surface area contributed by atoms with E-state index in [4.69, 9.17) is 9.73 Å². The van der Waals surface area contributed by atoms with Crippen LogP contribution in [0.15, 0.2) is 17.1 Å². The Balaban J connectivity index is 1.31. The number of nitrogens with zero attached hydrogens (tertiary/aromatic N) is 3. The Bertz CT molecular complexity index is 716. The average Bonchev–Trinajstić information content (AvgIpc) is 3.46. The third-order valence-corrected chi connectivity index (χ3v) is 7.30. The summed E-state index contributed by atoms with van der Waals surface area (Å²) in [6.45, 7) is 12.4. The van der Waals surface area contributed by atoms with Crippen LogP contribution in [0.2, 0.25) is 0 Å². The molecule has 178 valence electrons. The number of ether oxygens (including phenoxy) is 1. The Morgan fingerprint density at radius 3 is 2.38 bits per heavy atom. The molecule has 2 heterocycles. The minimum Gasteiger partial charge on any atom is -0.379 e. The molecular weight excluding hydrogens is 406 g/mol. The molecule has 0 spiro atoms. The van der Waals surface area contributed by atoms with E-state index in [1.54, 1.807) is 0 Å². The average molecular weight is 446 g/mol. The standard InChI is InChI=1S/C24H39N5O3/c1-4-25-24(27-15-19(13-16(2)3)28-9-11-32-12-10-28)26-7-8-29-22(30)20-17-5-6-18(14-17)21(20)23(29)31/h5-6,16-21H,4,7-15H2,1-3H3,(H2,25,26,27). The Labute approximate surface area is 191 Å². The molecule has 2 bridgehead atoms. The third kappa shape index (κ3) is 4.86. The van der Waals surface area contributed by atoms with Crippen molar-refractivity contribution in [2.45, 2.75) is 39.7 Å². The molecule has 3 fully saturated rings. The molecule has 8 heteroatoms. The highest BCUT2D eigenvalue weighted by molar-refractivity contribution is 6.06. The number of amides is 2. The lowest BCUT2D eigenvalue weighted by atomic mass is 9.85. The zero-order chi connectivity index (χ0) is 22.7. The molecule has 0 aromatic heterocycles. The minimum absolute atomic E-state index is 0.0184. The minimum atomic E-state index is -0.121. The van der Waals surface area contributed by atoms with Crippen molar-refractivity contribution in [2.75, 3.05) is 52.5 Å². The Kier molecular flexibility index (Phi) is 7.51. The number of morpholine rings is 1. The largest absolute Gasteiger partial charge is 0.379 e. The van der Waals surface area contributed by atoms with Crippen LogP contribution in [-0.4, -0.2) is 86.1 Å². The summed E-state index contributed by atoms with van der Waals surface area (Å²) in [5, 5.41) is 6.64. The second-order valence-electron chi connectivity index (χ2n) is 9.91. The number of guanidine groups is 1. The Hall–Kier alpha value is -1.93. The molecule has 5 atom stereocenters. The van der Waals surface area contributed by atoms with Gasteiger partial charge >= 0.3 is 0 Å². The lowest BCUT2D eigenvalue weighted by molar-refractivity contribution is -0.140. The van der Waals surface area contributed by atoms with Crippen LogP contribution in [0, 0.1) is 29.6 Å². The molecule has 4 rings (SSSR count). The van der Waals surface area contributed by atoms with Crippen molar-refractivity contribution >= 4 is 17.8 Å². The lowest BCUT2D eigenvalue weighted by Gasteiger charge is -2.34. The van der Waals surface area contributed by atoms with E-state index < -0.39 is 0 Å². The third-order valence-electron chi connectivity index (χ3n) is 7.30.